The van der Waals surface area contributed by atoms with Crippen LogP contribution in [0, 0.1) is 5.92 Å². The predicted octanol–water partition coefficient (Wildman–Crippen LogP) is 4.41. The van der Waals surface area contributed by atoms with E-state index in [-0.39, 0.29) is 19.2 Å². The fourth-order valence-electron chi connectivity index (χ4n) is 3.91. The van der Waals surface area contributed by atoms with Gasteiger partial charge in [0.2, 0.25) is 0 Å². The van der Waals surface area contributed by atoms with Gasteiger partial charge in [0.05, 0.1) is 18.8 Å². The number of aliphatic imine (C=N–C) groups is 1. The third kappa shape index (κ3) is 3.57. The van der Waals surface area contributed by atoms with Crippen molar-refractivity contribution in [3.05, 3.63) is 59.3 Å². The van der Waals surface area contributed by atoms with Crippen molar-refractivity contribution in [2.24, 2.45) is 10.9 Å². The molecule has 146 valence electrons. The second kappa shape index (κ2) is 8.38. The van der Waals surface area contributed by atoms with E-state index < -0.39 is 17.8 Å². The van der Waals surface area contributed by atoms with Gasteiger partial charge >= 0.3 is 11.9 Å². The van der Waals surface area contributed by atoms with Crippen LogP contribution in [0.4, 0.5) is 0 Å². The Hall–Kier alpha value is -2.95. The van der Waals surface area contributed by atoms with Crippen LogP contribution < -0.4 is 0 Å². The zero-order valence-electron chi connectivity index (χ0n) is 16.7. The molecule has 1 aliphatic rings. The Morgan fingerprint density at radius 2 is 1.64 bits per heavy atom. The van der Waals surface area contributed by atoms with Gasteiger partial charge < -0.3 is 9.47 Å². The van der Waals surface area contributed by atoms with Crippen LogP contribution >= 0.6 is 0 Å². The predicted molar refractivity (Wildman–Crippen MR) is 109 cm³/mol. The number of carbonyl (C=O) groups excluding carboxylic acids is 2. The van der Waals surface area contributed by atoms with Crippen molar-refractivity contribution in [3.63, 3.8) is 0 Å². The molecule has 0 saturated carbocycles. The molecule has 0 N–H and O–H groups in total. The van der Waals surface area contributed by atoms with E-state index in [9.17, 15) is 9.59 Å². The summed E-state index contributed by atoms with van der Waals surface area (Å²) in [4.78, 5) is 30.2. The molecule has 28 heavy (non-hydrogen) atoms. The Morgan fingerprint density at radius 1 is 0.964 bits per heavy atom. The molecular formula is C23H25NO4. The molecule has 0 spiro atoms. The molecule has 3 rings (SSSR count). The van der Waals surface area contributed by atoms with E-state index in [4.69, 9.17) is 9.47 Å². The minimum absolute atomic E-state index is 0.255. The summed E-state index contributed by atoms with van der Waals surface area (Å²) in [6, 6.07) is 13.9. The highest BCUT2D eigenvalue weighted by atomic mass is 16.5. The summed E-state index contributed by atoms with van der Waals surface area (Å²) in [5.74, 6) is -2.00. The number of hydrogen-bond acceptors (Lipinski definition) is 5. The van der Waals surface area contributed by atoms with Gasteiger partial charge in [0.25, 0.3) is 0 Å². The van der Waals surface area contributed by atoms with Crippen molar-refractivity contribution in [2.45, 2.75) is 33.6 Å². The van der Waals surface area contributed by atoms with Crippen molar-refractivity contribution in [1.82, 2.24) is 0 Å². The van der Waals surface area contributed by atoms with Crippen molar-refractivity contribution in [3.8, 4) is 0 Å². The molecule has 1 heterocycles. The third-order valence-corrected chi connectivity index (χ3v) is 5.02. The van der Waals surface area contributed by atoms with Gasteiger partial charge in [0, 0.05) is 17.3 Å². The summed E-state index contributed by atoms with van der Waals surface area (Å²) in [7, 11) is 0. The molecule has 2 atom stereocenters. The van der Waals surface area contributed by atoms with Gasteiger partial charge in [-0.25, -0.2) is 4.79 Å². The molecule has 0 bridgehead atoms. The third-order valence-electron chi connectivity index (χ3n) is 5.02. The first-order valence-corrected chi connectivity index (χ1v) is 9.56. The molecule has 0 aliphatic carbocycles. The number of hydrogen-bond donors (Lipinski definition) is 0. The van der Waals surface area contributed by atoms with Gasteiger partial charge in [-0.05, 0) is 44.0 Å². The van der Waals surface area contributed by atoms with Gasteiger partial charge in [0.15, 0.2) is 0 Å². The normalized spacial score (nSPS) is 19.4. The molecular weight excluding hydrogens is 354 g/mol. The monoisotopic (exact) mass is 379 g/mol. The molecule has 0 radical (unpaired) electrons. The van der Waals surface area contributed by atoms with Gasteiger partial charge in [-0.3, -0.25) is 9.79 Å². The summed E-state index contributed by atoms with van der Waals surface area (Å²) >= 11 is 0. The zero-order valence-corrected chi connectivity index (χ0v) is 16.7. The number of nitrogens with zero attached hydrogens (tertiary/aromatic N) is 1. The highest BCUT2D eigenvalue weighted by molar-refractivity contribution is 6.08. The maximum absolute atomic E-state index is 12.9. The van der Waals surface area contributed by atoms with Crippen molar-refractivity contribution in [1.29, 1.82) is 0 Å². The molecule has 2 aromatic carbocycles. The van der Waals surface area contributed by atoms with E-state index in [1.54, 1.807) is 20.8 Å². The minimum Gasteiger partial charge on any atom is -0.465 e. The second-order valence-electron chi connectivity index (χ2n) is 6.75. The number of benzene rings is 2. The van der Waals surface area contributed by atoms with Crippen LogP contribution in [0.2, 0.25) is 0 Å². The Morgan fingerprint density at radius 3 is 2.36 bits per heavy atom. The summed E-state index contributed by atoms with van der Waals surface area (Å²) in [5, 5.41) is 2.04. The van der Waals surface area contributed by atoms with Crippen molar-refractivity contribution in [2.75, 3.05) is 13.2 Å². The fraction of sp³-hybridized carbons (Fsp3) is 0.348. The first-order valence-electron chi connectivity index (χ1n) is 9.56. The average molecular weight is 379 g/mol. The quantitative estimate of drug-likeness (QED) is 0.722. The Balaban J connectivity index is 2.26. The molecule has 2 aromatic rings. The van der Waals surface area contributed by atoms with Crippen LogP contribution in [0.3, 0.4) is 0 Å². The number of rotatable bonds is 5. The van der Waals surface area contributed by atoms with Gasteiger partial charge in [-0.1, -0.05) is 42.5 Å². The molecule has 1 aliphatic heterocycles. The summed E-state index contributed by atoms with van der Waals surface area (Å²) in [6.07, 6.45) is 0. The number of ether oxygens (including phenoxy) is 2. The van der Waals surface area contributed by atoms with E-state index in [1.165, 1.54) is 0 Å². The molecule has 5 heteroatoms. The van der Waals surface area contributed by atoms with Crippen LogP contribution in [0.5, 0.6) is 0 Å². The lowest BCUT2D eigenvalue weighted by molar-refractivity contribution is -0.146. The van der Waals surface area contributed by atoms with E-state index in [0.29, 0.717) is 17.0 Å². The van der Waals surface area contributed by atoms with Gasteiger partial charge in [-0.15, -0.1) is 0 Å². The maximum Gasteiger partial charge on any atom is 0.336 e. The number of esters is 2. The lowest BCUT2D eigenvalue weighted by Gasteiger charge is -2.32. The van der Waals surface area contributed by atoms with Crippen LogP contribution in [-0.4, -0.2) is 30.9 Å². The molecule has 0 amide bonds. The molecule has 0 saturated heterocycles. The molecule has 0 fully saturated rings. The summed E-state index contributed by atoms with van der Waals surface area (Å²) in [6.45, 7) is 7.65. The highest BCUT2D eigenvalue weighted by Gasteiger charge is 2.42. The fourth-order valence-corrected chi connectivity index (χ4v) is 3.91. The summed E-state index contributed by atoms with van der Waals surface area (Å²) < 4.78 is 10.7. The second-order valence-corrected chi connectivity index (χ2v) is 6.75. The van der Waals surface area contributed by atoms with Gasteiger partial charge in [0.1, 0.15) is 5.92 Å². The lowest BCUT2D eigenvalue weighted by atomic mass is 9.74. The zero-order chi connectivity index (χ0) is 20.3. The number of carbonyl (C=O) groups is 2. The Kier molecular flexibility index (Phi) is 5.93. The summed E-state index contributed by atoms with van der Waals surface area (Å²) in [5.41, 5.74) is 2.53. The first-order chi connectivity index (χ1) is 13.5. The Labute approximate surface area is 165 Å². The number of fused-ring (bicyclic) bond motifs is 1. The molecule has 5 nitrogen and oxygen atoms in total. The largest absolute Gasteiger partial charge is 0.465 e. The van der Waals surface area contributed by atoms with E-state index in [0.717, 1.165) is 16.3 Å². The molecule has 0 aromatic heterocycles. The van der Waals surface area contributed by atoms with Crippen LogP contribution in [0.15, 0.2) is 58.7 Å². The van der Waals surface area contributed by atoms with E-state index in [1.807, 2.05) is 49.4 Å². The first kappa shape index (κ1) is 19.8. The lowest BCUT2D eigenvalue weighted by Crippen LogP contribution is -2.36. The Bertz CT molecular complexity index is 968. The van der Waals surface area contributed by atoms with E-state index in [2.05, 4.69) is 4.99 Å². The highest BCUT2D eigenvalue weighted by Crippen LogP contribution is 2.42. The van der Waals surface area contributed by atoms with Gasteiger partial charge in [-0.2, -0.15) is 0 Å². The topological polar surface area (TPSA) is 65.0 Å². The van der Waals surface area contributed by atoms with Crippen LogP contribution in [0.1, 0.15) is 39.2 Å². The maximum atomic E-state index is 12.9. The standard InChI is InChI=1S/C23H25NO4/c1-5-27-22(25)19-14(3)24-15(4)20(23(26)28-6-2)21(19)18-13-9-11-16-10-7-8-12-17(16)18/h7-13,19,21H,5-6H2,1-4H3. The average Bonchev–Trinajstić information content (AvgIpc) is 2.67. The van der Waals surface area contributed by atoms with Crippen LogP contribution in [-0.2, 0) is 19.1 Å². The van der Waals surface area contributed by atoms with E-state index >= 15 is 0 Å². The van der Waals surface area contributed by atoms with Crippen molar-refractivity contribution >= 4 is 28.4 Å². The number of allylic oxidation sites excluding steroid dienone is 1. The molecule has 2 unspecified atom stereocenters. The SMILES string of the molecule is CCOC(=O)C1=C(C)N=C(C)C(C(=O)OCC)C1c1cccc2ccccc12. The van der Waals surface area contributed by atoms with Crippen LogP contribution in [0.25, 0.3) is 10.8 Å². The minimum atomic E-state index is -0.672. The smallest absolute Gasteiger partial charge is 0.336 e. The van der Waals surface area contributed by atoms with Crippen molar-refractivity contribution < 1.29 is 19.1 Å².